The quantitative estimate of drug-likeness (QED) is 0.106. The lowest BCUT2D eigenvalue weighted by atomic mass is 9.61. The van der Waals surface area contributed by atoms with Crippen molar-refractivity contribution in [3.8, 4) is 11.5 Å². The number of carbonyl (C=O) groups excluding carboxylic acids is 1. The highest BCUT2D eigenvalue weighted by Gasteiger charge is 2.48. The zero-order valence-corrected chi connectivity index (χ0v) is 43.9. The second-order valence-electron chi connectivity index (χ2n) is 20.6. The molecule has 0 aliphatic carbocycles. The molecule has 0 spiro atoms. The van der Waals surface area contributed by atoms with Crippen molar-refractivity contribution in [3.05, 3.63) is 121 Å². The fourth-order valence-electron chi connectivity index (χ4n) is 9.66. The Kier molecular flexibility index (Phi) is 16.3. The van der Waals surface area contributed by atoms with Crippen molar-refractivity contribution in [2.24, 2.45) is 5.41 Å². The summed E-state index contributed by atoms with van der Waals surface area (Å²) in [5.41, 5.74) is 4.18. The van der Waals surface area contributed by atoms with E-state index in [0.29, 0.717) is 33.3 Å². The Morgan fingerprint density at radius 1 is 0.588 bits per heavy atom. The normalized spacial score (nSPS) is 17.6. The first-order chi connectivity index (χ1) is 32.2. The maximum atomic E-state index is 12.7. The molecule has 2 saturated heterocycles. The lowest BCUT2D eigenvalue weighted by Crippen LogP contribution is -2.54. The number of rotatable bonds is 14. The third-order valence-corrected chi connectivity index (χ3v) is 16.6. The van der Waals surface area contributed by atoms with Crippen LogP contribution in [0, 0.1) is 5.41 Å². The van der Waals surface area contributed by atoms with Crippen LogP contribution in [0.4, 0.5) is 17.1 Å². The molecular formula is C54H68Cl4N6O4. The van der Waals surface area contributed by atoms with E-state index in [0.717, 1.165) is 123 Å². The summed E-state index contributed by atoms with van der Waals surface area (Å²) in [5, 5.41) is 6.55. The molecule has 4 aromatic carbocycles. The lowest BCUT2D eigenvalue weighted by Gasteiger charge is -2.45. The topological polar surface area (TPSA) is 93.4 Å². The van der Waals surface area contributed by atoms with E-state index in [1.807, 2.05) is 86.6 Å². The minimum Gasteiger partial charge on any atom is -0.494 e. The van der Waals surface area contributed by atoms with Crippen LogP contribution in [0.2, 0.25) is 20.1 Å². The van der Waals surface area contributed by atoms with Gasteiger partial charge in [0.2, 0.25) is 11.5 Å². The lowest BCUT2D eigenvalue weighted by molar-refractivity contribution is -0.127. The van der Waals surface area contributed by atoms with E-state index in [1.165, 1.54) is 6.07 Å². The van der Waals surface area contributed by atoms with Gasteiger partial charge in [0.05, 0.1) is 55.6 Å². The Balaban J connectivity index is 0.000000203. The van der Waals surface area contributed by atoms with Crippen LogP contribution in [0.3, 0.4) is 0 Å². The van der Waals surface area contributed by atoms with Gasteiger partial charge in [-0.1, -0.05) is 92.3 Å². The molecule has 0 atom stereocenters. The molecule has 3 aliphatic rings. The third-order valence-electron chi connectivity index (χ3n) is 15.0. The predicted molar refractivity (Wildman–Crippen MR) is 285 cm³/mol. The first-order valence-electron chi connectivity index (χ1n) is 23.9. The molecule has 0 saturated carbocycles. The van der Waals surface area contributed by atoms with Crippen molar-refractivity contribution in [3.63, 3.8) is 0 Å². The fraction of sp³-hybridized carbons (Fsp3) is 0.481. The summed E-state index contributed by atoms with van der Waals surface area (Å²) in [6.45, 7) is 26.4. The number of halogens is 4. The maximum absolute atomic E-state index is 12.7. The van der Waals surface area contributed by atoms with Gasteiger partial charge in [-0.25, -0.2) is 0 Å². The molecule has 2 N–H and O–H groups in total. The van der Waals surface area contributed by atoms with Gasteiger partial charge < -0.3 is 29.6 Å². The first-order valence-corrected chi connectivity index (χ1v) is 25.4. The van der Waals surface area contributed by atoms with Crippen LogP contribution < -0.4 is 30.1 Å². The van der Waals surface area contributed by atoms with E-state index in [-0.39, 0.29) is 28.0 Å². The number of fused-ring (bicyclic) bond motifs is 2. The molecule has 10 nitrogen and oxygen atoms in total. The molecular weight excluding hydrogens is 938 g/mol. The summed E-state index contributed by atoms with van der Waals surface area (Å²) in [7, 11) is 0. The van der Waals surface area contributed by atoms with Crippen LogP contribution in [-0.4, -0.2) is 97.3 Å². The predicted octanol–water partition coefficient (Wildman–Crippen LogP) is 12.6. The maximum Gasteiger partial charge on any atom is 0.248 e. The Morgan fingerprint density at radius 3 is 1.57 bits per heavy atom. The second kappa shape index (κ2) is 21.5. The first kappa shape index (κ1) is 51.7. The van der Waals surface area contributed by atoms with E-state index in [2.05, 4.69) is 77.5 Å². The number of piperazine rings is 2. The van der Waals surface area contributed by atoms with E-state index in [1.54, 1.807) is 0 Å². The standard InChI is InChI=1S/C29H39Cl2N3O2.C25H29Cl2N3O2/c1-27(2,34-16-14-33(15-17-34)24-10-7-9-22(30)25(24)31)13-8-18-36-20-11-12-21-23(19-20)32-26(35)29(5,6)28(21,3)4;1-25(2,30-14-12-29(13-15-30)22-6-3-5-20(26)24(22)27)11-4-16-32-19-9-7-18-8-10-23(31)28-21(18)17-19/h7,9-12,19H,8,13-18H2,1-6H3,(H,32,35);3,5-10,17H,4,11-16H2,1-2H3,(H,28,31). The van der Waals surface area contributed by atoms with Gasteiger partial charge in [-0.15, -0.1) is 0 Å². The number of pyridine rings is 1. The zero-order valence-electron chi connectivity index (χ0n) is 40.9. The molecule has 0 radical (unpaired) electrons. The summed E-state index contributed by atoms with van der Waals surface area (Å²) in [4.78, 5) is 36.8. The highest BCUT2D eigenvalue weighted by atomic mass is 35.5. The number of aromatic nitrogens is 1. The number of benzene rings is 4. The van der Waals surface area contributed by atoms with Crippen molar-refractivity contribution < 1.29 is 14.3 Å². The van der Waals surface area contributed by atoms with Crippen molar-refractivity contribution >= 4 is 80.3 Å². The molecule has 5 aromatic rings. The number of hydrogen-bond acceptors (Lipinski definition) is 8. The molecule has 3 aliphatic heterocycles. The molecule has 14 heteroatoms. The number of ether oxygens (including phenoxy) is 2. The Labute approximate surface area is 423 Å². The number of aromatic amines is 1. The Bertz CT molecular complexity index is 2620. The summed E-state index contributed by atoms with van der Waals surface area (Å²) in [6, 6.07) is 26.9. The van der Waals surface area contributed by atoms with Crippen LogP contribution in [0.1, 0.15) is 86.6 Å². The number of H-pyrrole nitrogens is 1. The van der Waals surface area contributed by atoms with Gasteiger partial charge in [-0.05, 0) is 113 Å². The fourth-order valence-corrected chi connectivity index (χ4v) is 10.5. The van der Waals surface area contributed by atoms with Gasteiger partial charge in [0.25, 0.3) is 0 Å². The number of nitrogens with zero attached hydrogens (tertiary/aromatic N) is 4. The molecule has 0 unspecified atom stereocenters. The monoisotopic (exact) mass is 1000 g/mol. The van der Waals surface area contributed by atoms with Crippen LogP contribution >= 0.6 is 46.4 Å². The van der Waals surface area contributed by atoms with E-state index in [4.69, 9.17) is 55.9 Å². The highest BCUT2D eigenvalue weighted by Crippen LogP contribution is 2.49. The number of nitrogens with one attached hydrogen (secondary N) is 2. The van der Waals surface area contributed by atoms with Crippen molar-refractivity contribution in [1.82, 2.24) is 14.8 Å². The van der Waals surface area contributed by atoms with E-state index in [9.17, 15) is 9.59 Å². The summed E-state index contributed by atoms with van der Waals surface area (Å²) < 4.78 is 12.1. The zero-order chi connectivity index (χ0) is 49.0. The van der Waals surface area contributed by atoms with Crippen LogP contribution in [0.25, 0.3) is 10.9 Å². The van der Waals surface area contributed by atoms with E-state index >= 15 is 0 Å². The highest BCUT2D eigenvalue weighted by molar-refractivity contribution is 6.44. The molecule has 2 fully saturated rings. The molecule has 4 heterocycles. The Hall–Kier alpha value is -4.16. The minimum atomic E-state index is -0.472. The SMILES string of the molecule is CC(C)(CCCOc1ccc2c(c1)NC(=O)C(C)(C)C2(C)C)N1CCN(c2cccc(Cl)c2Cl)CC1.CC(C)(CCCOc1ccc2ccc(=O)[nH]c2c1)N1CCN(c2cccc(Cl)c2Cl)CC1. The molecule has 0 bridgehead atoms. The average Bonchev–Trinajstić information content (AvgIpc) is 3.31. The van der Waals surface area contributed by atoms with E-state index < -0.39 is 5.41 Å². The van der Waals surface area contributed by atoms with Crippen LogP contribution in [0.5, 0.6) is 11.5 Å². The Morgan fingerprint density at radius 2 is 1.06 bits per heavy atom. The number of hydrogen-bond donors (Lipinski definition) is 2. The van der Waals surface area contributed by atoms with Crippen molar-refractivity contribution in [2.45, 2.75) is 97.6 Å². The summed E-state index contributed by atoms with van der Waals surface area (Å²) in [5.74, 6) is 1.63. The smallest absolute Gasteiger partial charge is 0.248 e. The van der Waals surface area contributed by atoms with Gasteiger partial charge >= 0.3 is 0 Å². The summed E-state index contributed by atoms with van der Waals surface area (Å²) in [6.07, 6.45) is 3.98. The molecule has 68 heavy (non-hydrogen) atoms. The largest absolute Gasteiger partial charge is 0.494 e. The van der Waals surface area contributed by atoms with Gasteiger partial charge in [0.15, 0.2) is 0 Å². The van der Waals surface area contributed by atoms with Gasteiger partial charge in [0.1, 0.15) is 11.5 Å². The van der Waals surface area contributed by atoms with Crippen molar-refractivity contribution in [2.75, 3.05) is 80.7 Å². The molecule has 366 valence electrons. The minimum absolute atomic E-state index is 0.0524. The second-order valence-corrected chi connectivity index (χ2v) is 22.2. The number of anilines is 3. The number of carbonyl (C=O) groups is 1. The molecule has 1 amide bonds. The van der Waals surface area contributed by atoms with Gasteiger partial charge in [-0.3, -0.25) is 19.4 Å². The van der Waals surface area contributed by atoms with Gasteiger partial charge in [-0.2, -0.15) is 0 Å². The number of amides is 1. The average molecular weight is 1010 g/mol. The van der Waals surface area contributed by atoms with Crippen LogP contribution in [-0.2, 0) is 10.2 Å². The van der Waals surface area contributed by atoms with Gasteiger partial charge in [0, 0.05) is 92.7 Å². The van der Waals surface area contributed by atoms with Crippen LogP contribution in [0.15, 0.2) is 89.7 Å². The third kappa shape index (κ3) is 11.7. The molecule has 8 rings (SSSR count). The van der Waals surface area contributed by atoms with Crippen molar-refractivity contribution in [1.29, 1.82) is 0 Å². The summed E-state index contributed by atoms with van der Waals surface area (Å²) >= 11 is 25.3. The molecule has 1 aromatic heterocycles.